The predicted molar refractivity (Wildman–Crippen MR) is 122 cm³/mol. The standard InChI is InChI=1S/C26H22N4O/c1-31-25-13-18(9-10-19(25)16-27)22-14-20(15-24-26(22)29-12-11-28-24)30-23-8-4-6-17-5-2-3-7-21(17)23/h2-3,5,7,9-15,23,30H,4,6,8H2,1H3/t23-/m1/s1. The van der Waals surface area contributed by atoms with Crippen LogP contribution in [0.5, 0.6) is 5.75 Å². The van der Waals surface area contributed by atoms with E-state index in [0.717, 1.165) is 40.7 Å². The molecule has 1 atom stereocenters. The van der Waals surface area contributed by atoms with E-state index in [-0.39, 0.29) is 6.04 Å². The van der Waals surface area contributed by atoms with Crippen molar-refractivity contribution in [1.29, 1.82) is 5.26 Å². The van der Waals surface area contributed by atoms with Gasteiger partial charge >= 0.3 is 0 Å². The van der Waals surface area contributed by atoms with Gasteiger partial charge in [-0.25, -0.2) is 0 Å². The monoisotopic (exact) mass is 406 g/mol. The Balaban J connectivity index is 1.60. The molecule has 1 N–H and O–H groups in total. The first-order chi connectivity index (χ1) is 15.3. The molecular weight excluding hydrogens is 384 g/mol. The number of nitrogens with zero attached hydrogens (tertiary/aromatic N) is 3. The zero-order chi connectivity index (χ0) is 21.2. The molecule has 0 unspecified atom stereocenters. The third-order valence-electron chi connectivity index (χ3n) is 5.92. The zero-order valence-corrected chi connectivity index (χ0v) is 17.3. The fourth-order valence-corrected chi connectivity index (χ4v) is 4.43. The number of rotatable bonds is 4. The maximum absolute atomic E-state index is 9.33. The quantitative estimate of drug-likeness (QED) is 0.473. The van der Waals surface area contributed by atoms with Crippen molar-refractivity contribution >= 4 is 16.7 Å². The smallest absolute Gasteiger partial charge is 0.137 e. The van der Waals surface area contributed by atoms with Crippen molar-refractivity contribution < 1.29 is 4.74 Å². The molecule has 0 aliphatic heterocycles. The highest BCUT2D eigenvalue weighted by atomic mass is 16.5. The molecule has 152 valence electrons. The summed E-state index contributed by atoms with van der Waals surface area (Å²) < 4.78 is 5.43. The van der Waals surface area contributed by atoms with Crippen molar-refractivity contribution in [3.05, 3.63) is 83.7 Å². The minimum absolute atomic E-state index is 0.266. The van der Waals surface area contributed by atoms with Gasteiger partial charge in [0.2, 0.25) is 0 Å². The lowest BCUT2D eigenvalue weighted by molar-refractivity contribution is 0.413. The van der Waals surface area contributed by atoms with Crippen molar-refractivity contribution in [1.82, 2.24) is 9.97 Å². The van der Waals surface area contributed by atoms with Crippen LogP contribution in [0.3, 0.4) is 0 Å². The topological polar surface area (TPSA) is 70.8 Å². The summed E-state index contributed by atoms with van der Waals surface area (Å²) in [7, 11) is 1.58. The van der Waals surface area contributed by atoms with Gasteiger partial charge in [0.1, 0.15) is 11.8 Å². The molecule has 0 fully saturated rings. The number of hydrogen-bond donors (Lipinski definition) is 1. The minimum atomic E-state index is 0.266. The van der Waals surface area contributed by atoms with Gasteiger partial charge in [0.05, 0.1) is 29.7 Å². The molecule has 3 aromatic carbocycles. The van der Waals surface area contributed by atoms with Crippen molar-refractivity contribution in [3.8, 4) is 22.9 Å². The summed E-state index contributed by atoms with van der Waals surface area (Å²) in [6, 6.07) is 20.9. The van der Waals surface area contributed by atoms with E-state index in [4.69, 9.17) is 4.74 Å². The Morgan fingerprint density at radius 1 is 1.06 bits per heavy atom. The van der Waals surface area contributed by atoms with Crippen LogP contribution in [0.2, 0.25) is 0 Å². The average Bonchev–Trinajstić information content (AvgIpc) is 2.83. The summed E-state index contributed by atoms with van der Waals surface area (Å²) in [5.74, 6) is 0.552. The van der Waals surface area contributed by atoms with Crippen LogP contribution < -0.4 is 10.1 Å². The number of nitriles is 1. The lowest BCUT2D eigenvalue weighted by Gasteiger charge is -2.27. The summed E-state index contributed by atoms with van der Waals surface area (Å²) >= 11 is 0. The van der Waals surface area contributed by atoms with Gasteiger partial charge in [-0.3, -0.25) is 9.97 Å². The largest absolute Gasteiger partial charge is 0.495 e. The van der Waals surface area contributed by atoms with E-state index in [1.807, 2.05) is 12.1 Å². The molecule has 0 spiro atoms. The summed E-state index contributed by atoms with van der Waals surface area (Å²) in [4.78, 5) is 9.14. The van der Waals surface area contributed by atoms with E-state index >= 15 is 0 Å². The van der Waals surface area contributed by atoms with Crippen molar-refractivity contribution in [2.75, 3.05) is 12.4 Å². The third kappa shape index (κ3) is 3.57. The Morgan fingerprint density at radius 3 is 2.81 bits per heavy atom. The first-order valence-corrected chi connectivity index (χ1v) is 10.4. The van der Waals surface area contributed by atoms with Crippen LogP contribution in [0, 0.1) is 11.3 Å². The number of ether oxygens (including phenoxy) is 1. The molecule has 5 rings (SSSR count). The highest BCUT2D eigenvalue weighted by molar-refractivity contribution is 5.94. The highest BCUT2D eigenvalue weighted by Gasteiger charge is 2.20. The van der Waals surface area contributed by atoms with Gasteiger partial charge in [0, 0.05) is 23.6 Å². The molecule has 1 aromatic heterocycles. The van der Waals surface area contributed by atoms with Gasteiger partial charge in [-0.05, 0) is 60.2 Å². The second-order valence-corrected chi connectivity index (χ2v) is 7.76. The Kier molecular flexibility index (Phi) is 4.97. The van der Waals surface area contributed by atoms with E-state index in [2.05, 4.69) is 57.8 Å². The van der Waals surface area contributed by atoms with Crippen molar-refractivity contribution in [2.24, 2.45) is 0 Å². The number of aromatic nitrogens is 2. The second kappa shape index (κ2) is 8.08. The lowest BCUT2D eigenvalue weighted by Crippen LogP contribution is -2.17. The van der Waals surface area contributed by atoms with Gasteiger partial charge in [-0.15, -0.1) is 0 Å². The van der Waals surface area contributed by atoms with Gasteiger partial charge < -0.3 is 10.1 Å². The predicted octanol–water partition coefficient (Wildman–Crippen LogP) is 5.67. The maximum Gasteiger partial charge on any atom is 0.137 e. The molecule has 5 heteroatoms. The zero-order valence-electron chi connectivity index (χ0n) is 17.3. The van der Waals surface area contributed by atoms with E-state index in [1.165, 1.54) is 17.5 Å². The molecule has 1 aliphatic carbocycles. The SMILES string of the molecule is COc1cc(-c2cc(N[C@@H]3CCCc4ccccc43)cc3nccnc23)ccc1C#N. The first kappa shape index (κ1) is 19.1. The van der Waals surface area contributed by atoms with Gasteiger partial charge in [-0.2, -0.15) is 5.26 Å². The number of aryl methyl sites for hydroxylation is 1. The molecule has 5 nitrogen and oxygen atoms in total. The van der Waals surface area contributed by atoms with E-state index in [9.17, 15) is 5.26 Å². The Hall–Kier alpha value is -3.91. The fraction of sp³-hybridized carbons (Fsp3) is 0.192. The highest BCUT2D eigenvalue weighted by Crippen LogP contribution is 2.36. The van der Waals surface area contributed by atoms with Gasteiger partial charge in [0.15, 0.2) is 0 Å². The van der Waals surface area contributed by atoms with Crippen LogP contribution in [-0.4, -0.2) is 17.1 Å². The third-order valence-corrected chi connectivity index (χ3v) is 5.92. The summed E-state index contributed by atoms with van der Waals surface area (Å²) in [6.45, 7) is 0. The molecular formula is C26H22N4O. The number of hydrogen-bond acceptors (Lipinski definition) is 5. The molecule has 0 saturated carbocycles. The molecule has 0 amide bonds. The Morgan fingerprint density at radius 2 is 1.94 bits per heavy atom. The number of benzene rings is 3. The van der Waals surface area contributed by atoms with Crippen LogP contribution in [0.4, 0.5) is 5.69 Å². The molecule has 1 aliphatic rings. The van der Waals surface area contributed by atoms with E-state index < -0.39 is 0 Å². The molecule has 0 saturated heterocycles. The summed E-state index contributed by atoms with van der Waals surface area (Å²) in [5.41, 5.74) is 7.86. The molecule has 4 aromatic rings. The second-order valence-electron chi connectivity index (χ2n) is 7.76. The summed E-state index contributed by atoms with van der Waals surface area (Å²) in [6.07, 6.45) is 6.81. The average molecular weight is 406 g/mol. The molecule has 1 heterocycles. The minimum Gasteiger partial charge on any atom is -0.495 e. The van der Waals surface area contributed by atoms with Crippen LogP contribution in [0.15, 0.2) is 67.0 Å². The van der Waals surface area contributed by atoms with E-state index in [1.54, 1.807) is 25.6 Å². The maximum atomic E-state index is 9.33. The number of methoxy groups -OCH3 is 1. The number of anilines is 1. The van der Waals surface area contributed by atoms with Crippen molar-refractivity contribution in [3.63, 3.8) is 0 Å². The first-order valence-electron chi connectivity index (χ1n) is 10.4. The normalized spacial score (nSPS) is 15.2. The Bertz CT molecular complexity index is 1310. The molecule has 31 heavy (non-hydrogen) atoms. The Labute approximate surface area is 181 Å². The van der Waals surface area contributed by atoms with Crippen LogP contribution in [0.1, 0.15) is 35.6 Å². The van der Waals surface area contributed by atoms with Crippen molar-refractivity contribution in [2.45, 2.75) is 25.3 Å². The van der Waals surface area contributed by atoms with Crippen LogP contribution in [0.25, 0.3) is 22.2 Å². The van der Waals surface area contributed by atoms with Gasteiger partial charge in [0.25, 0.3) is 0 Å². The number of fused-ring (bicyclic) bond motifs is 2. The fourth-order valence-electron chi connectivity index (χ4n) is 4.43. The van der Waals surface area contributed by atoms with Crippen LogP contribution in [-0.2, 0) is 6.42 Å². The number of nitrogens with one attached hydrogen (secondary N) is 1. The molecule has 0 radical (unpaired) electrons. The lowest BCUT2D eigenvalue weighted by atomic mass is 9.87. The molecule has 0 bridgehead atoms. The van der Waals surface area contributed by atoms with Crippen LogP contribution >= 0.6 is 0 Å². The van der Waals surface area contributed by atoms with Gasteiger partial charge in [-0.1, -0.05) is 30.3 Å². The summed E-state index contributed by atoms with van der Waals surface area (Å²) in [5, 5.41) is 13.1. The van der Waals surface area contributed by atoms with E-state index in [0.29, 0.717) is 11.3 Å².